The number of rotatable bonds is 6. The molecule has 3 rings (SSSR count). The zero-order chi connectivity index (χ0) is 15.2. The number of thiophene rings is 1. The summed E-state index contributed by atoms with van der Waals surface area (Å²) in [5, 5.41) is 3.02. The molecule has 0 aliphatic carbocycles. The molecule has 2 aliphatic heterocycles. The molecule has 5 nitrogen and oxygen atoms in total. The number of hydrogen-bond donors (Lipinski definition) is 1. The van der Waals surface area contributed by atoms with Crippen molar-refractivity contribution in [2.45, 2.75) is 25.4 Å². The van der Waals surface area contributed by atoms with Gasteiger partial charge in [-0.05, 0) is 37.9 Å². The first kappa shape index (κ1) is 15.9. The van der Waals surface area contributed by atoms with Gasteiger partial charge < -0.3 is 14.8 Å². The highest BCUT2D eigenvalue weighted by Crippen LogP contribution is 2.33. The van der Waals surface area contributed by atoms with Crippen LogP contribution >= 0.6 is 11.3 Å². The summed E-state index contributed by atoms with van der Waals surface area (Å²) >= 11 is 1.56. The van der Waals surface area contributed by atoms with Crippen LogP contribution in [0.4, 0.5) is 0 Å². The van der Waals surface area contributed by atoms with E-state index in [2.05, 4.69) is 10.2 Å². The predicted octanol–water partition coefficient (Wildman–Crippen LogP) is 2.05. The van der Waals surface area contributed by atoms with E-state index in [-0.39, 0.29) is 12.0 Å². The lowest BCUT2D eigenvalue weighted by atomic mass is 10.2. The molecule has 22 heavy (non-hydrogen) atoms. The summed E-state index contributed by atoms with van der Waals surface area (Å²) in [6, 6.07) is 3.95. The largest absolute Gasteiger partial charge is 0.379 e. The second-order valence-electron chi connectivity index (χ2n) is 5.77. The Morgan fingerprint density at radius 3 is 2.95 bits per heavy atom. The lowest BCUT2D eigenvalue weighted by Gasteiger charge is -2.26. The molecule has 2 aliphatic rings. The smallest absolute Gasteiger partial charge is 0.261 e. The van der Waals surface area contributed by atoms with Gasteiger partial charge in [-0.3, -0.25) is 9.69 Å². The van der Waals surface area contributed by atoms with Crippen LogP contribution in [-0.4, -0.2) is 56.8 Å². The van der Waals surface area contributed by atoms with Crippen molar-refractivity contribution in [3.05, 3.63) is 21.9 Å². The van der Waals surface area contributed by atoms with Crippen LogP contribution in [0.2, 0.25) is 0 Å². The molecule has 2 fully saturated rings. The van der Waals surface area contributed by atoms with Crippen molar-refractivity contribution >= 4 is 17.2 Å². The van der Waals surface area contributed by atoms with Crippen LogP contribution in [-0.2, 0) is 9.47 Å². The van der Waals surface area contributed by atoms with Crippen molar-refractivity contribution in [3.63, 3.8) is 0 Å². The molecular formula is C16H24N2O3S. The summed E-state index contributed by atoms with van der Waals surface area (Å²) in [6.07, 6.45) is 3.37. The van der Waals surface area contributed by atoms with Crippen molar-refractivity contribution in [1.82, 2.24) is 10.2 Å². The van der Waals surface area contributed by atoms with Crippen LogP contribution < -0.4 is 5.32 Å². The maximum atomic E-state index is 12.1. The molecule has 0 saturated carbocycles. The first-order valence-corrected chi connectivity index (χ1v) is 8.94. The Kier molecular flexibility index (Phi) is 5.83. The molecule has 0 aromatic carbocycles. The van der Waals surface area contributed by atoms with Crippen LogP contribution in [0.5, 0.6) is 0 Å². The Labute approximate surface area is 135 Å². The number of nitrogens with zero attached hydrogens (tertiary/aromatic N) is 1. The molecular weight excluding hydrogens is 300 g/mol. The average molecular weight is 324 g/mol. The van der Waals surface area contributed by atoms with E-state index in [9.17, 15) is 4.79 Å². The van der Waals surface area contributed by atoms with Crippen molar-refractivity contribution in [2.24, 2.45) is 0 Å². The van der Waals surface area contributed by atoms with Gasteiger partial charge in [0.2, 0.25) is 0 Å². The maximum absolute atomic E-state index is 12.1. The first-order valence-electron chi connectivity index (χ1n) is 8.12. The van der Waals surface area contributed by atoms with Crippen LogP contribution in [0.1, 0.15) is 39.9 Å². The quantitative estimate of drug-likeness (QED) is 0.814. The van der Waals surface area contributed by atoms with E-state index >= 15 is 0 Å². The van der Waals surface area contributed by atoms with Crippen molar-refractivity contribution < 1.29 is 14.3 Å². The third-order valence-electron chi connectivity index (χ3n) is 4.14. The van der Waals surface area contributed by atoms with Crippen LogP contribution in [0.3, 0.4) is 0 Å². The van der Waals surface area contributed by atoms with Crippen molar-refractivity contribution in [2.75, 3.05) is 46.0 Å². The topological polar surface area (TPSA) is 50.8 Å². The highest BCUT2D eigenvalue weighted by Gasteiger charge is 2.20. The number of ether oxygens (including phenoxy) is 2. The van der Waals surface area contributed by atoms with Gasteiger partial charge in [-0.1, -0.05) is 0 Å². The first-order chi connectivity index (χ1) is 10.8. The minimum absolute atomic E-state index is 0.0382. The molecule has 2 saturated heterocycles. The SMILES string of the molecule is O=C(NCCCN1CCOCC1)c1ccc([C@H]2CCCO2)s1. The molecule has 0 bridgehead atoms. The van der Waals surface area contributed by atoms with Crippen LogP contribution in [0.15, 0.2) is 12.1 Å². The molecule has 3 heterocycles. The number of morpholine rings is 1. The summed E-state index contributed by atoms with van der Waals surface area (Å²) < 4.78 is 11.0. The highest BCUT2D eigenvalue weighted by molar-refractivity contribution is 7.14. The zero-order valence-electron chi connectivity index (χ0n) is 12.9. The fourth-order valence-electron chi connectivity index (χ4n) is 2.87. The zero-order valence-corrected chi connectivity index (χ0v) is 13.7. The lowest BCUT2D eigenvalue weighted by molar-refractivity contribution is 0.0374. The number of hydrogen-bond acceptors (Lipinski definition) is 5. The molecule has 0 unspecified atom stereocenters. The number of carbonyl (C=O) groups is 1. The maximum Gasteiger partial charge on any atom is 0.261 e. The molecule has 0 radical (unpaired) electrons. The second-order valence-corrected chi connectivity index (χ2v) is 6.88. The van der Waals surface area contributed by atoms with Crippen LogP contribution in [0, 0.1) is 0 Å². The Balaban J connectivity index is 1.38. The molecule has 6 heteroatoms. The standard InChI is InChI=1S/C16H24N2O3S/c19-16(17-6-2-7-18-8-11-20-12-9-18)15-5-4-14(22-15)13-3-1-10-21-13/h4-5,13H,1-3,6-12H2,(H,17,19)/t13-/m1/s1. The predicted molar refractivity (Wildman–Crippen MR) is 86.5 cm³/mol. The fraction of sp³-hybridized carbons (Fsp3) is 0.688. The van der Waals surface area contributed by atoms with Gasteiger partial charge in [0.1, 0.15) is 0 Å². The fourth-order valence-corrected chi connectivity index (χ4v) is 3.87. The van der Waals surface area contributed by atoms with Gasteiger partial charge in [-0.15, -0.1) is 11.3 Å². The molecule has 1 aromatic heterocycles. The molecule has 1 aromatic rings. The summed E-state index contributed by atoms with van der Waals surface area (Å²) in [5.41, 5.74) is 0. The number of carbonyl (C=O) groups excluding carboxylic acids is 1. The van der Waals surface area contributed by atoms with E-state index in [1.165, 1.54) is 4.88 Å². The van der Waals surface area contributed by atoms with E-state index in [1.807, 2.05) is 12.1 Å². The molecule has 1 atom stereocenters. The van der Waals surface area contributed by atoms with Crippen LogP contribution in [0.25, 0.3) is 0 Å². The molecule has 122 valence electrons. The van der Waals surface area contributed by atoms with Crippen molar-refractivity contribution in [1.29, 1.82) is 0 Å². The molecule has 1 N–H and O–H groups in total. The summed E-state index contributed by atoms with van der Waals surface area (Å²) in [4.78, 5) is 16.5. The normalized spacial score (nSPS) is 22.8. The van der Waals surface area contributed by atoms with E-state index < -0.39 is 0 Å². The van der Waals surface area contributed by atoms with Gasteiger partial charge in [-0.2, -0.15) is 0 Å². The minimum atomic E-state index is 0.0382. The third-order valence-corrected chi connectivity index (χ3v) is 5.31. The van der Waals surface area contributed by atoms with Gasteiger partial charge in [0.15, 0.2) is 0 Å². The summed E-state index contributed by atoms with van der Waals surface area (Å²) in [7, 11) is 0. The summed E-state index contributed by atoms with van der Waals surface area (Å²) in [5.74, 6) is 0.0382. The molecule has 0 spiro atoms. The lowest BCUT2D eigenvalue weighted by Crippen LogP contribution is -2.38. The highest BCUT2D eigenvalue weighted by atomic mass is 32.1. The van der Waals surface area contributed by atoms with E-state index in [0.717, 1.165) is 70.1 Å². The summed E-state index contributed by atoms with van der Waals surface area (Å²) in [6.45, 7) is 6.25. The number of amides is 1. The van der Waals surface area contributed by atoms with Gasteiger partial charge >= 0.3 is 0 Å². The molecule has 1 amide bonds. The Morgan fingerprint density at radius 1 is 1.32 bits per heavy atom. The second kappa shape index (κ2) is 8.06. The Morgan fingerprint density at radius 2 is 2.18 bits per heavy atom. The van der Waals surface area contributed by atoms with Gasteiger partial charge in [0, 0.05) is 31.1 Å². The van der Waals surface area contributed by atoms with Gasteiger partial charge in [0.05, 0.1) is 24.2 Å². The van der Waals surface area contributed by atoms with Crippen molar-refractivity contribution in [3.8, 4) is 0 Å². The van der Waals surface area contributed by atoms with Gasteiger partial charge in [0.25, 0.3) is 5.91 Å². The average Bonchev–Trinajstić information content (AvgIpc) is 3.22. The van der Waals surface area contributed by atoms with E-state index in [1.54, 1.807) is 11.3 Å². The third kappa shape index (κ3) is 4.29. The van der Waals surface area contributed by atoms with E-state index in [4.69, 9.17) is 9.47 Å². The van der Waals surface area contributed by atoms with E-state index in [0.29, 0.717) is 0 Å². The minimum Gasteiger partial charge on any atom is -0.379 e. The van der Waals surface area contributed by atoms with Gasteiger partial charge in [-0.25, -0.2) is 0 Å². The Hall–Kier alpha value is -0.950. The Bertz CT molecular complexity index is 479. The number of nitrogens with one attached hydrogen (secondary N) is 1. The monoisotopic (exact) mass is 324 g/mol.